The van der Waals surface area contributed by atoms with Gasteiger partial charge in [0.2, 0.25) is 0 Å². The highest BCUT2D eigenvalue weighted by molar-refractivity contribution is 5.99. The Bertz CT molecular complexity index is 688. The molecule has 0 aliphatic carbocycles. The van der Waals surface area contributed by atoms with E-state index in [1.54, 1.807) is 22.7 Å². The first-order valence-electron chi connectivity index (χ1n) is 6.74. The van der Waals surface area contributed by atoms with Crippen LogP contribution >= 0.6 is 0 Å². The van der Waals surface area contributed by atoms with E-state index >= 15 is 0 Å². The number of ether oxygens (including phenoxy) is 2. The van der Waals surface area contributed by atoms with Crippen LogP contribution in [0, 0.1) is 0 Å². The van der Waals surface area contributed by atoms with E-state index in [2.05, 4.69) is 15.5 Å². The van der Waals surface area contributed by atoms with Gasteiger partial charge in [-0.25, -0.2) is 0 Å². The first-order chi connectivity index (χ1) is 10.2. The monoisotopic (exact) mass is 290 g/mol. The van der Waals surface area contributed by atoms with Gasteiger partial charge >= 0.3 is 0 Å². The Morgan fingerprint density at radius 3 is 3.14 bits per heavy atom. The summed E-state index contributed by atoms with van der Waals surface area (Å²) in [7, 11) is 0. The highest BCUT2D eigenvalue weighted by atomic mass is 16.6. The van der Waals surface area contributed by atoms with Crippen molar-refractivity contribution in [3.05, 3.63) is 30.2 Å². The molecule has 4 rings (SSSR count). The van der Waals surface area contributed by atoms with Gasteiger partial charge in [0.1, 0.15) is 24.6 Å². The van der Waals surface area contributed by atoms with Crippen molar-refractivity contribution in [3.8, 4) is 0 Å². The molecule has 0 bridgehead atoms. The lowest BCUT2D eigenvalue weighted by Gasteiger charge is -2.17. The first-order valence-corrected chi connectivity index (χ1v) is 6.74. The second-order valence-electron chi connectivity index (χ2n) is 5.23. The van der Waals surface area contributed by atoms with Gasteiger partial charge in [0.25, 0.3) is 5.91 Å². The zero-order valence-corrected chi connectivity index (χ0v) is 11.0. The SMILES string of the molecule is O=C(N[C@H]1CO[C@H]2[C@@H]1OC[C@H]2O)c1cccn2cnnc12. The Hall–Kier alpha value is -2.03. The number of carbonyl (C=O) groups excluding carboxylic acids is 1. The third-order valence-corrected chi connectivity index (χ3v) is 3.91. The molecular weight excluding hydrogens is 276 g/mol. The number of fused-ring (bicyclic) bond motifs is 2. The van der Waals surface area contributed by atoms with E-state index in [9.17, 15) is 9.90 Å². The van der Waals surface area contributed by atoms with Crippen LogP contribution in [0.15, 0.2) is 24.7 Å². The molecule has 2 aromatic heterocycles. The van der Waals surface area contributed by atoms with Crippen LogP contribution in [0.1, 0.15) is 10.4 Å². The van der Waals surface area contributed by atoms with Gasteiger partial charge in [-0.3, -0.25) is 9.20 Å². The fourth-order valence-electron chi connectivity index (χ4n) is 2.88. The predicted molar refractivity (Wildman–Crippen MR) is 69.7 cm³/mol. The quantitative estimate of drug-likeness (QED) is 0.735. The molecule has 2 fully saturated rings. The summed E-state index contributed by atoms with van der Waals surface area (Å²) in [6.45, 7) is 0.565. The van der Waals surface area contributed by atoms with Crippen LogP contribution in [0.5, 0.6) is 0 Å². The highest BCUT2D eigenvalue weighted by Gasteiger charge is 2.47. The maximum Gasteiger partial charge on any atom is 0.255 e. The molecule has 2 N–H and O–H groups in total. The van der Waals surface area contributed by atoms with Gasteiger partial charge < -0.3 is 19.9 Å². The number of hydrogen-bond donors (Lipinski definition) is 2. The number of pyridine rings is 1. The fraction of sp³-hybridized carbons (Fsp3) is 0.462. The molecule has 110 valence electrons. The van der Waals surface area contributed by atoms with E-state index in [1.807, 2.05) is 0 Å². The average molecular weight is 290 g/mol. The van der Waals surface area contributed by atoms with Gasteiger partial charge in [-0.05, 0) is 12.1 Å². The van der Waals surface area contributed by atoms with Gasteiger partial charge in [-0.2, -0.15) is 0 Å². The maximum atomic E-state index is 12.4. The first kappa shape index (κ1) is 12.7. The number of nitrogens with zero attached hydrogens (tertiary/aromatic N) is 3. The van der Waals surface area contributed by atoms with Gasteiger partial charge in [0.05, 0.1) is 24.8 Å². The van der Waals surface area contributed by atoms with Crippen molar-refractivity contribution >= 4 is 11.6 Å². The van der Waals surface area contributed by atoms with Crippen LogP contribution in [0.4, 0.5) is 0 Å². The summed E-state index contributed by atoms with van der Waals surface area (Å²) >= 11 is 0. The molecule has 0 saturated carbocycles. The number of nitrogens with one attached hydrogen (secondary N) is 1. The number of amides is 1. The summed E-state index contributed by atoms with van der Waals surface area (Å²) in [5, 5.41) is 20.3. The molecule has 21 heavy (non-hydrogen) atoms. The molecular formula is C13H14N4O4. The fourth-order valence-corrected chi connectivity index (χ4v) is 2.88. The Labute approximate surface area is 119 Å². The van der Waals surface area contributed by atoms with E-state index < -0.39 is 6.10 Å². The normalized spacial score (nSPS) is 31.5. The van der Waals surface area contributed by atoms with Crippen molar-refractivity contribution < 1.29 is 19.4 Å². The van der Waals surface area contributed by atoms with Gasteiger partial charge in [-0.1, -0.05) is 0 Å². The van der Waals surface area contributed by atoms with Gasteiger partial charge in [-0.15, -0.1) is 10.2 Å². The minimum atomic E-state index is -0.628. The molecule has 8 nitrogen and oxygen atoms in total. The van der Waals surface area contributed by atoms with Crippen LogP contribution < -0.4 is 5.32 Å². The summed E-state index contributed by atoms with van der Waals surface area (Å²) in [6, 6.07) is 3.18. The lowest BCUT2D eigenvalue weighted by Crippen LogP contribution is -2.44. The second-order valence-corrected chi connectivity index (χ2v) is 5.23. The van der Waals surface area contributed by atoms with Crippen LogP contribution in [0.25, 0.3) is 5.65 Å². The van der Waals surface area contributed by atoms with E-state index in [0.717, 1.165) is 0 Å². The van der Waals surface area contributed by atoms with E-state index in [0.29, 0.717) is 17.8 Å². The van der Waals surface area contributed by atoms with Gasteiger partial charge in [0, 0.05) is 6.20 Å². The lowest BCUT2D eigenvalue weighted by molar-refractivity contribution is 0.0178. The number of aliphatic hydroxyl groups excluding tert-OH is 1. The molecule has 0 aromatic carbocycles. The zero-order chi connectivity index (χ0) is 14.4. The molecule has 2 aliphatic rings. The molecule has 2 aliphatic heterocycles. The van der Waals surface area contributed by atoms with Crippen molar-refractivity contribution in [1.29, 1.82) is 0 Å². The molecule has 0 spiro atoms. The van der Waals surface area contributed by atoms with E-state index in [1.165, 1.54) is 6.33 Å². The molecule has 8 heteroatoms. The van der Waals surface area contributed by atoms with Crippen molar-refractivity contribution in [2.75, 3.05) is 13.2 Å². The predicted octanol–water partition coefficient (Wildman–Crippen LogP) is -1.01. The minimum Gasteiger partial charge on any atom is -0.388 e. The lowest BCUT2D eigenvalue weighted by atomic mass is 10.1. The number of aromatic nitrogens is 3. The Kier molecular flexibility index (Phi) is 2.88. The molecule has 0 radical (unpaired) electrons. The third-order valence-electron chi connectivity index (χ3n) is 3.91. The third kappa shape index (κ3) is 1.99. The second kappa shape index (κ2) is 4.76. The van der Waals surface area contributed by atoms with Crippen LogP contribution in [-0.4, -0.2) is 63.2 Å². The maximum absolute atomic E-state index is 12.4. The average Bonchev–Trinajstić information content (AvgIpc) is 3.17. The summed E-state index contributed by atoms with van der Waals surface area (Å²) in [6.07, 6.45) is 2.02. The van der Waals surface area contributed by atoms with Crippen molar-refractivity contribution in [1.82, 2.24) is 19.9 Å². The standard InChI is InChI=1S/C13H14N4O4/c18-9-5-21-10-8(4-20-11(9)10)15-13(19)7-2-1-3-17-6-14-16-12(7)17/h1-3,6,8-11,18H,4-5H2,(H,15,19)/t8-,9+,10+,11+/m0/s1. The highest BCUT2D eigenvalue weighted by Crippen LogP contribution is 2.27. The minimum absolute atomic E-state index is 0.238. The van der Waals surface area contributed by atoms with Crippen LogP contribution in [0.2, 0.25) is 0 Å². The largest absolute Gasteiger partial charge is 0.388 e. The molecule has 2 saturated heterocycles. The number of carbonyl (C=O) groups is 1. The van der Waals surface area contributed by atoms with Gasteiger partial charge in [0.15, 0.2) is 5.65 Å². The Morgan fingerprint density at radius 2 is 2.24 bits per heavy atom. The number of rotatable bonds is 2. The van der Waals surface area contributed by atoms with E-state index in [-0.39, 0.29) is 30.8 Å². The summed E-state index contributed by atoms with van der Waals surface area (Å²) in [4.78, 5) is 12.4. The molecule has 1 amide bonds. The van der Waals surface area contributed by atoms with Crippen LogP contribution in [-0.2, 0) is 9.47 Å². The zero-order valence-electron chi connectivity index (χ0n) is 11.0. The molecule has 0 unspecified atom stereocenters. The molecule has 4 heterocycles. The van der Waals surface area contributed by atoms with Crippen molar-refractivity contribution in [2.24, 2.45) is 0 Å². The number of hydrogen-bond acceptors (Lipinski definition) is 6. The molecule has 4 atom stereocenters. The molecule has 2 aromatic rings. The Balaban J connectivity index is 1.55. The topological polar surface area (TPSA) is 98.0 Å². The van der Waals surface area contributed by atoms with E-state index in [4.69, 9.17) is 9.47 Å². The van der Waals surface area contributed by atoms with Crippen LogP contribution in [0.3, 0.4) is 0 Å². The summed E-state index contributed by atoms with van der Waals surface area (Å²) in [5.41, 5.74) is 0.940. The van der Waals surface area contributed by atoms with Crippen molar-refractivity contribution in [2.45, 2.75) is 24.4 Å². The Morgan fingerprint density at radius 1 is 1.38 bits per heavy atom. The number of aliphatic hydroxyl groups is 1. The van der Waals surface area contributed by atoms with Crippen molar-refractivity contribution in [3.63, 3.8) is 0 Å². The smallest absolute Gasteiger partial charge is 0.255 e. The summed E-state index contributed by atoms with van der Waals surface area (Å²) in [5.74, 6) is -0.257. The summed E-state index contributed by atoms with van der Waals surface area (Å²) < 4.78 is 12.7.